The van der Waals surface area contributed by atoms with Gasteiger partial charge in [0.05, 0.1) is 0 Å². The van der Waals surface area contributed by atoms with Gasteiger partial charge in [0, 0.05) is 12.3 Å². The Morgan fingerprint density at radius 2 is 1.76 bits per heavy atom. The van der Waals surface area contributed by atoms with Crippen molar-refractivity contribution in [3.05, 3.63) is 48.2 Å². The van der Waals surface area contributed by atoms with E-state index in [1.807, 2.05) is 12.1 Å². The molecule has 0 aliphatic heterocycles. The molecule has 2 rings (SSSR count). The molecule has 2 aromatic rings. The molecule has 1 aromatic heterocycles. The van der Waals surface area contributed by atoms with E-state index in [9.17, 15) is 0 Å². The molecule has 0 aliphatic carbocycles. The maximum atomic E-state index is 5.67. The molecule has 0 spiro atoms. The topological polar surface area (TPSA) is 48.1 Å². The fourth-order valence-electron chi connectivity index (χ4n) is 1.55. The highest BCUT2D eigenvalue weighted by atomic mass is 16.5. The first kappa shape index (κ1) is 11.5. The summed E-state index contributed by atoms with van der Waals surface area (Å²) in [6, 6.07) is 11.6. The lowest BCUT2D eigenvalue weighted by atomic mass is 10.0. The van der Waals surface area contributed by atoms with Crippen LogP contribution in [0, 0.1) is 0 Å². The van der Waals surface area contributed by atoms with Crippen LogP contribution in [0.3, 0.4) is 0 Å². The minimum absolute atomic E-state index is 0.460. The monoisotopic (exact) mass is 228 g/mol. The third kappa shape index (κ3) is 2.97. The molecular formula is C14H16N2O. The Balaban J connectivity index is 2.14. The van der Waals surface area contributed by atoms with Gasteiger partial charge in [0.2, 0.25) is 0 Å². The fourth-order valence-corrected chi connectivity index (χ4v) is 1.55. The standard InChI is InChI=1S/C14H16N2O/c1-10(2)11-3-5-12(6-4-11)17-13-7-8-16-14(15)9-13/h3-10H,1-2H3,(H2,15,16). The highest BCUT2D eigenvalue weighted by molar-refractivity contribution is 5.39. The molecule has 0 unspecified atom stereocenters. The third-order valence-corrected chi connectivity index (χ3v) is 2.54. The zero-order chi connectivity index (χ0) is 12.3. The second kappa shape index (κ2) is 4.87. The van der Waals surface area contributed by atoms with Crippen molar-refractivity contribution >= 4 is 5.82 Å². The number of aromatic nitrogens is 1. The quantitative estimate of drug-likeness (QED) is 0.873. The number of pyridine rings is 1. The summed E-state index contributed by atoms with van der Waals surface area (Å²) < 4.78 is 5.67. The summed E-state index contributed by atoms with van der Waals surface area (Å²) in [5.74, 6) is 2.50. The maximum Gasteiger partial charge on any atom is 0.132 e. The Morgan fingerprint density at radius 1 is 1.06 bits per heavy atom. The number of ether oxygens (including phenoxy) is 1. The molecule has 1 aromatic carbocycles. The SMILES string of the molecule is CC(C)c1ccc(Oc2ccnc(N)c2)cc1. The number of nitrogens with zero attached hydrogens (tertiary/aromatic N) is 1. The first-order valence-corrected chi connectivity index (χ1v) is 5.64. The molecule has 0 fully saturated rings. The van der Waals surface area contributed by atoms with Gasteiger partial charge in [0.1, 0.15) is 17.3 Å². The summed E-state index contributed by atoms with van der Waals surface area (Å²) in [5.41, 5.74) is 6.88. The molecule has 3 nitrogen and oxygen atoms in total. The summed E-state index contributed by atoms with van der Waals surface area (Å²) in [4.78, 5) is 3.92. The minimum Gasteiger partial charge on any atom is -0.457 e. The lowest BCUT2D eigenvalue weighted by molar-refractivity contribution is 0.482. The van der Waals surface area contributed by atoms with Gasteiger partial charge >= 0.3 is 0 Å². The van der Waals surface area contributed by atoms with Crippen LogP contribution in [-0.4, -0.2) is 4.98 Å². The van der Waals surface area contributed by atoms with Gasteiger partial charge in [-0.1, -0.05) is 26.0 Å². The van der Waals surface area contributed by atoms with E-state index in [1.54, 1.807) is 18.3 Å². The number of benzene rings is 1. The predicted octanol–water partition coefficient (Wildman–Crippen LogP) is 3.58. The normalized spacial score (nSPS) is 10.5. The van der Waals surface area contributed by atoms with Gasteiger partial charge in [-0.15, -0.1) is 0 Å². The van der Waals surface area contributed by atoms with Crippen molar-refractivity contribution in [1.82, 2.24) is 4.98 Å². The molecule has 0 saturated heterocycles. The summed E-state index contributed by atoms with van der Waals surface area (Å²) in [6.07, 6.45) is 1.63. The van der Waals surface area contributed by atoms with Crippen molar-refractivity contribution in [3.8, 4) is 11.5 Å². The Bertz CT molecular complexity index is 492. The molecule has 0 atom stereocenters. The second-order valence-corrected chi connectivity index (χ2v) is 4.24. The van der Waals surface area contributed by atoms with E-state index in [1.165, 1.54) is 5.56 Å². The molecule has 88 valence electrons. The van der Waals surface area contributed by atoms with Gasteiger partial charge in [-0.3, -0.25) is 0 Å². The van der Waals surface area contributed by atoms with Crippen molar-refractivity contribution in [3.63, 3.8) is 0 Å². The zero-order valence-electron chi connectivity index (χ0n) is 10.1. The smallest absolute Gasteiger partial charge is 0.132 e. The summed E-state index contributed by atoms with van der Waals surface area (Å²) in [7, 11) is 0. The number of anilines is 1. The van der Waals surface area contributed by atoms with E-state index in [0.717, 1.165) is 5.75 Å². The highest BCUT2D eigenvalue weighted by Gasteiger charge is 2.01. The number of hydrogen-bond acceptors (Lipinski definition) is 3. The van der Waals surface area contributed by atoms with Gasteiger partial charge in [0.15, 0.2) is 0 Å². The van der Waals surface area contributed by atoms with Crippen molar-refractivity contribution < 1.29 is 4.74 Å². The van der Waals surface area contributed by atoms with Crippen LogP contribution in [0.5, 0.6) is 11.5 Å². The third-order valence-electron chi connectivity index (χ3n) is 2.54. The number of nitrogen functional groups attached to an aromatic ring is 1. The van der Waals surface area contributed by atoms with Crippen molar-refractivity contribution in [2.75, 3.05) is 5.73 Å². The van der Waals surface area contributed by atoms with Crippen LogP contribution in [-0.2, 0) is 0 Å². The van der Waals surface area contributed by atoms with Crippen LogP contribution in [0.25, 0.3) is 0 Å². The van der Waals surface area contributed by atoms with E-state index in [-0.39, 0.29) is 0 Å². The van der Waals surface area contributed by atoms with Gasteiger partial charge in [0.25, 0.3) is 0 Å². The van der Waals surface area contributed by atoms with Crippen molar-refractivity contribution in [2.45, 2.75) is 19.8 Å². The first-order chi connectivity index (χ1) is 8.15. The van der Waals surface area contributed by atoms with Crippen LogP contribution in [0.4, 0.5) is 5.82 Å². The van der Waals surface area contributed by atoms with E-state index in [2.05, 4.69) is 31.0 Å². The molecular weight excluding hydrogens is 212 g/mol. The van der Waals surface area contributed by atoms with E-state index in [0.29, 0.717) is 17.5 Å². The van der Waals surface area contributed by atoms with Crippen LogP contribution >= 0.6 is 0 Å². The summed E-state index contributed by atoms with van der Waals surface area (Å²) >= 11 is 0. The largest absolute Gasteiger partial charge is 0.457 e. The summed E-state index contributed by atoms with van der Waals surface area (Å²) in [5, 5.41) is 0. The number of nitrogens with two attached hydrogens (primary N) is 1. The van der Waals surface area contributed by atoms with E-state index in [4.69, 9.17) is 10.5 Å². The molecule has 17 heavy (non-hydrogen) atoms. The molecule has 0 bridgehead atoms. The molecule has 2 N–H and O–H groups in total. The maximum absolute atomic E-state index is 5.67. The molecule has 0 amide bonds. The zero-order valence-corrected chi connectivity index (χ0v) is 10.1. The molecule has 0 saturated carbocycles. The van der Waals surface area contributed by atoms with Gasteiger partial charge in [-0.05, 0) is 29.7 Å². The minimum atomic E-state index is 0.460. The van der Waals surface area contributed by atoms with Gasteiger partial charge < -0.3 is 10.5 Å². The Morgan fingerprint density at radius 3 is 2.35 bits per heavy atom. The fraction of sp³-hybridized carbons (Fsp3) is 0.214. The van der Waals surface area contributed by atoms with Crippen LogP contribution < -0.4 is 10.5 Å². The number of rotatable bonds is 3. The molecule has 0 radical (unpaired) electrons. The Labute approximate surface area is 101 Å². The number of hydrogen-bond donors (Lipinski definition) is 1. The highest BCUT2D eigenvalue weighted by Crippen LogP contribution is 2.24. The van der Waals surface area contributed by atoms with E-state index >= 15 is 0 Å². The lowest BCUT2D eigenvalue weighted by Gasteiger charge is -2.08. The molecule has 3 heteroatoms. The lowest BCUT2D eigenvalue weighted by Crippen LogP contribution is -1.91. The van der Waals surface area contributed by atoms with Crippen LogP contribution in [0.15, 0.2) is 42.6 Å². The average molecular weight is 228 g/mol. The van der Waals surface area contributed by atoms with Crippen LogP contribution in [0.1, 0.15) is 25.3 Å². The van der Waals surface area contributed by atoms with Gasteiger partial charge in [-0.25, -0.2) is 4.98 Å². The second-order valence-electron chi connectivity index (χ2n) is 4.24. The Hall–Kier alpha value is -2.03. The average Bonchev–Trinajstić information content (AvgIpc) is 2.29. The molecule has 1 heterocycles. The molecule has 0 aliphatic rings. The van der Waals surface area contributed by atoms with E-state index < -0.39 is 0 Å². The van der Waals surface area contributed by atoms with Gasteiger partial charge in [-0.2, -0.15) is 0 Å². The summed E-state index contributed by atoms with van der Waals surface area (Å²) in [6.45, 7) is 4.33. The van der Waals surface area contributed by atoms with Crippen LogP contribution in [0.2, 0.25) is 0 Å². The first-order valence-electron chi connectivity index (χ1n) is 5.64. The van der Waals surface area contributed by atoms with Crippen molar-refractivity contribution in [1.29, 1.82) is 0 Å². The Kier molecular flexibility index (Phi) is 3.28. The van der Waals surface area contributed by atoms with Crippen molar-refractivity contribution in [2.24, 2.45) is 0 Å². The predicted molar refractivity (Wildman–Crippen MR) is 69.3 cm³/mol.